The van der Waals surface area contributed by atoms with Crippen molar-refractivity contribution in [2.75, 3.05) is 31.6 Å². The summed E-state index contributed by atoms with van der Waals surface area (Å²) in [6, 6.07) is 9.23. The van der Waals surface area contributed by atoms with Crippen LogP contribution >= 0.6 is 0 Å². The molecule has 3 fully saturated rings. The van der Waals surface area contributed by atoms with Crippen LogP contribution in [0.3, 0.4) is 0 Å². The molecule has 15 heteroatoms. The highest BCUT2D eigenvalue weighted by molar-refractivity contribution is 5.98. The van der Waals surface area contributed by atoms with Gasteiger partial charge in [-0.05, 0) is 75.1 Å². The van der Waals surface area contributed by atoms with Crippen molar-refractivity contribution < 1.29 is 38.3 Å². The predicted octanol–water partition coefficient (Wildman–Crippen LogP) is 2.38. The summed E-state index contributed by atoms with van der Waals surface area (Å²) in [4.78, 5) is 101. The fourth-order valence-corrected chi connectivity index (χ4v) is 7.63. The van der Waals surface area contributed by atoms with Gasteiger partial charge in [0.05, 0.1) is 0 Å². The zero-order valence-electron chi connectivity index (χ0n) is 32.9. The van der Waals surface area contributed by atoms with E-state index >= 15 is 0 Å². The number of carbonyl (C=O) groups is 7. The zero-order chi connectivity index (χ0) is 40.5. The van der Waals surface area contributed by atoms with E-state index in [9.17, 15) is 33.6 Å². The number of hydrogen-bond acceptors (Lipinski definition) is 8. The minimum absolute atomic E-state index is 0.0545. The number of urea groups is 1. The van der Waals surface area contributed by atoms with Crippen LogP contribution < -0.4 is 21.3 Å². The van der Waals surface area contributed by atoms with Gasteiger partial charge in [-0.25, -0.2) is 9.59 Å². The molecule has 0 radical (unpaired) electrons. The average molecular weight is 774 g/mol. The second-order valence-corrected chi connectivity index (χ2v) is 15.1. The fraction of sp³-hybridized carbons (Fsp3) is 0.537. The van der Waals surface area contributed by atoms with Crippen molar-refractivity contribution in [3.63, 3.8) is 0 Å². The summed E-state index contributed by atoms with van der Waals surface area (Å²) in [5.74, 6) is -3.63. The fourth-order valence-electron chi connectivity index (χ4n) is 7.63. The van der Waals surface area contributed by atoms with Crippen molar-refractivity contribution in [1.29, 1.82) is 0 Å². The van der Waals surface area contributed by atoms with E-state index in [1.807, 2.05) is 51.1 Å². The lowest BCUT2D eigenvalue weighted by Gasteiger charge is -2.36. The van der Waals surface area contributed by atoms with E-state index < -0.39 is 84.4 Å². The highest BCUT2D eigenvalue weighted by Gasteiger charge is 2.45. The van der Waals surface area contributed by atoms with E-state index in [4.69, 9.17) is 4.74 Å². The molecular formula is C41H55N7O8. The first-order valence-corrected chi connectivity index (χ1v) is 19.7. The van der Waals surface area contributed by atoms with Crippen molar-refractivity contribution in [1.82, 2.24) is 30.7 Å². The minimum Gasteiger partial charge on any atom is -0.461 e. The molecule has 2 aromatic rings. The Labute approximate surface area is 328 Å². The summed E-state index contributed by atoms with van der Waals surface area (Å²) >= 11 is 0. The number of nitrogens with one attached hydrogen (secondary N) is 4. The molecule has 7 atom stereocenters. The molecule has 0 aliphatic carbocycles. The Hall–Kier alpha value is -5.47. The Kier molecular flexibility index (Phi) is 14.1. The maximum atomic E-state index is 14.5. The second-order valence-electron chi connectivity index (χ2n) is 15.1. The Morgan fingerprint density at radius 3 is 2.27 bits per heavy atom. The number of benzene rings is 2. The predicted molar refractivity (Wildman–Crippen MR) is 208 cm³/mol. The molecule has 3 aliphatic rings. The molecule has 2 aromatic carbocycles. The summed E-state index contributed by atoms with van der Waals surface area (Å²) in [6.45, 7) is 9.01. The molecule has 302 valence electrons. The lowest BCUT2D eigenvalue weighted by Crippen LogP contribution is -2.61. The monoisotopic (exact) mass is 773 g/mol. The molecule has 0 unspecified atom stereocenters. The molecule has 3 saturated heterocycles. The number of ether oxygens (including phenoxy) is 1. The van der Waals surface area contributed by atoms with Crippen LogP contribution in [0.5, 0.6) is 0 Å². The van der Waals surface area contributed by atoms with Crippen LogP contribution in [0.2, 0.25) is 0 Å². The number of aryl methyl sites for hydroxylation is 1. The van der Waals surface area contributed by atoms with Gasteiger partial charge in [-0.1, -0.05) is 63.2 Å². The summed E-state index contributed by atoms with van der Waals surface area (Å²) in [5.41, 5.74) is 2.35. The number of amides is 7. The van der Waals surface area contributed by atoms with Crippen molar-refractivity contribution in [2.45, 2.75) is 109 Å². The van der Waals surface area contributed by atoms with Gasteiger partial charge in [0.2, 0.25) is 29.5 Å². The van der Waals surface area contributed by atoms with Gasteiger partial charge in [0.1, 0.15) is 42.9 Å². The van der Waals surface area contributed by atoms with Gasteiger partial charge in [-0.15, -0.1) is 0 Å². The maximum Gasteiger partial charge on any atom is 0.328 e. The van der Waals surface area contributed by atoms with Gasteiger partial charge in [0.25, 0.3) is 0 Å². The average Bonchev–Trinajstić information content (AvgIpc) is 3.84. The van der Waals surface area contributed by atoms with Crippen LogP contribution in [-0.2, 0) is 46.3 Å². The minimum atomic E-state index is -1.44. The number of hydrogen-bond donors (Lipinski definition) is 4. The molecule has 3 aliphatic heterocycles. The SMILES string of the molecule is CCCN1C(=O)[C@@H]2CCCN2C(=O)[C@@H](NC(=O)[C@H](Cc2ccccc2)NC(=O)Nc2ccc(CC)cc2)COC(=O)[C@@H]2C[C@@H](C)CN2C(=O)[C@H](C)NC(=O)[C@@H]1C. The van der Waals surface area contributed by atoms with Gasteiger partial charge in [0, 0.05) is 31.7 Å². The Balaban J connectivity index is 1.45. The number of rotatable bonds is 9. The quantitative estimate of drug-likeness (QED) is 0.280. The molecule has 15 nitrogen and oxygen atoms in total. The van der Waals surface area contributed by atoms with Crippen molar-refractivity contribution in [3.05, 3.63) is 65.7 Å². The van der Waals surface area contributed by atoms with Crippen LogP contribution in [0.15, 0.2) is 54.6 Å². The first-order valence-electron chi connectivity index (χ1n) is 19.7. The summed E-state index contributed by atoms with van der Waals surface area (Å²) in [7, 11) is 0. The Morgan fingerprint density at radius 2 is 1.59 bits per heavy atom. The van der Waals surface area contributed by atoms with Gasteiger partial charge in [-0.2, -0.15) is 0 Å². The third-order valence-corrected chi connectivity index (χ3v) is 10.7. The molecule has 0 bridgehead atoms. The first-order chi connectivity index (χ1) is 26.8. The maximum absolute atomic E-state index is 14.5. The largest absolute Gasteiger partial charge is 0.461 e. The lowest BCUT2D eigenvalue weighted by molar-refractivity contribution is -0.158. The van der Waals surface area contributed by atoms with Gasteiger partial charge < -0.3 is 40.7 Å². The van der Waals surface area contributed by atoms with Gasteiger partial charge >= 0.3 is 12.0 Å². The van der Waals surface area contributed by atoms with Gasteiger partial charge in [0.15, 0.2) is 0 Å². The molecular weight excluding hydrogens is 718 g/mol. The number of esters is 1. The standard InChI is InChI=1S/C41H55N7O8/c1-6-19-46-27(5)35(49)42-26(4)37(51)48-23-25(3)21-34(48)40(54)56-24-32(38(52)47-20-11-14-33(47)39(46)53)44-36(50)31(22-29-12-9-8-10-13-29)45-41(55)43-30-17-15-28(7-2)16-18-30/h8-10,12-13,15-18,25-27,31-34H,6-7,11,14,19-24H2,1-5H3,(H,42,49)(H,44,50)(H2,43,45,55)/t25-,26+,27+,31+,32+,33+,34+/m1/s1. The van der Waals surface area contributed by atoms with E-state index in [2.05, 4.69) is 21.3 Å². The van der Waals surface area contributed by atoms with Crippen LogP contribution in [0.4, 0.5) is 10.5 Å². The Bertz CT molecular complexity index is 1760. The van der Waals surface area contributed by atoms with Crippen LogP contribution in [0.25, 0.3) is 0 Å². The van der Waals surface area contributed by atoms with E-state index in [1.54, 1.807) is 38.1 Å². The molecule has 0 aromatic heterocycles. The number of anilines is 1. The molecule has 4 N–H and O–H groups in total. The normalized spacial score (nSPS) is 25.5. The zero-order valence-corrected chi connectivity index (χ0v) is 32.9. The van der Waals surface area contributed by atoms with Crippen molar-refractivity contribution >= 4 is 47.2 Å². The highest BCUT2D eigenvalue weighted by atomic mass is 16.5. The third kappa shape index (κ3) is 10.0. The van der Waals surface area contributed by atoms with Crippen LogP contribution in [-0.4, -0.2) is 119 Å². The highest BCUT2D eigenvalue weighted by Crippen LogP contribution is 2.26. The second kappa shape index (κ2) is 18.9. The van der Waals surface area contributed by atoms with E-state index in [0.717, 1.165) is 17.5 Å². The first kappa shape index (κ1) is 41.7. The molecule has 0 saturated carbocycles. The molecule has 56 heavy (non-hydrogen) atoms. The lowest BCUT2D eigenvalue weighted by atomic mass is 10.0. The topological polar surface area (TPSA) is 187 Å². The van der Waals surface area contributed by atoms with Crippen LogP contribution in [0.1, 0.15) is 71.4 Å². The third-order valence-electron chi connectivity index (χ3n) is 10.7. The van der Waals surface area contributed by atoms with E-state index in [0.29, 0.717) is 31.4 Å². The number of cyclic esters (lactones) is 1. The number of carbonyl (C=O) groups excluding carboxylic acids is 7. The number of fused-ring (bicyclic) bond motifs is 2. The molecule has 5 rings (SSSR count). The summed E-state index contributed by atoms with van der Waals surface area (Å²) < 4.78 is 5.75. The summed E-state index contributed by atoms with van der Waals surface area (Å²) in [6.07, 6.45) is 2.55. The molecule has 0 spiro atoms. The van der Waals surface area contributed by atoms with Crippen LogP contribution in [0, 0.1) is 5.92 Å². The van der Waals surface area contributed by atoms with Crippen molar-refractivity contribution in [2.24, 2.45) is 5.92 Å². The number of nitrogens with zero attached hydrogens (tertiary/aromatic N) is 3. The van der Waals surface area contributed by atoms with E-state index in [-0.39, 0.29) is 32.0 Å². The van der Waals surface area contributed by atoms with Gasteiger partial charge in [-0.3, -0.25) is 24.0 Å². The van der Waals surface area contributed by atoms with Crippen molar-refractivity contribution in [3.8, 4) is 0 Å². The smallest absolute Gasteiger partial charge is 0.328 e. The van der Waals surface area contributed by atoms with E-state index in [1.165, 1.54) is 14.7 Å². The Morgan fingerprint density at radius 1 is 0.875 bits per heavy atom. The molecule has 3 heterocycles. The summed E-state index contributed by atoms with van der Waals surface area (Å²) in [5, 5.41) is 11.0. The molecule has 7 amide bonds.